The summed E-state index contributed by atoms with van der Waals surface area (Å²) in [6, 6.07) is 5.38. The Balaban J connectivity index is 2.60. The third kappa shape index (κ3) is 2.29. The van der Waals surface area contributed by atoms with Gasteiger partial charge < -0.3 is 15.0 Å². The summed E-state index contributed by atoms with van der Waals surface area (Å²) in [5.41, 5.74) is 8.27. The third-order valence-electron chi connectivity index (χ3n) is 2.71. The van der Waals surface area contributed by atoms with E-state index in [-0.39, 0.29) is 0 Å². The first kappa shape index (κ1) is 12.8. The van der Waals surface area contributed by atoms with Crippen molar-refractivity contribution in [3.63, 3.8) is 0 Å². The van der Waals surface area contributed by atoms with Crippen LogP contribution in [0.3, 0.4) is 0 Å². The normalized spacial score (nSPS) is 10.6. The molecule has 0 atom stereocenters. The summed E-state index contributed by atoms with van der Waals surface area (Å²) < 4.78 is 10.4. The predicted molar refractivity (Wildman–Crippen MR) is 71.9 cm³/mol. The molecule has 0 aliphatic rings. The van der Waals surface area contributed by atoms with Gasteiger partial charge in [-0.3, -0.25) is 0 Å². The highest BCUT2D eigenvalue weighted by atomic mass is 35.5. The quantitative estimate of drug-likeness (QED) is 0.919. The van der Waals surface area contributed by atoms with Crippen molar-refractivity contribution < 1.29 is 9.26 Å². The Morgan fingerprint density at radius 1 is 1.44 bits per heavy atom. The lowest BCUT2D eigenvalue weighted by Crippen LogP contribution is -1.94. The summed E-state index contributed by atoms with van der Waals surface area (Å²) in [4.78, 5) is 0. The molecule has 1 heterocycles. The molecule has 0 amide bonds. The van der Waals surface area contributed by atoms with Crippen molar-refractivity contribution in [1.82, 2.24) is 5.16 Å². The molecule has 4 nitrogen and oxygen atoms in total. The van der Waals surface area contributed by atoms with Crippen LogP contribution in [0.4, 0.5) is 5.88 Å². The molecule has 5 heteroatoms. The summed E-state index contributed by atoms with van der Waals surface area (Å²) >= 11 is 6.03. The zero-order valence-electron chi connectivity index (χ0n) is 10.4. The number of hydrogen-bond acceptors (Lipinski definition) is 4. The van der Waals surface area contributed by atoms with Crippen molar-refractivity contribution >= 4 is 17.5 Å². The minimum atomic E-state index is 0.291. The van der Waals surface area contributed by atoms with E-state index < -0.39 is 0 Å². The number of halogens is 1. The molecule has 2 aromatic rings. The highest BCUT2D eigenvalue weighted by molar-refractivity contribution is 6.31. The third-order valence-corrected chi connectivity index (χ3v) is 2.94. The molecule has 0 aliphatic carbocycles. The van der Waals surface area contributed by atoms with Gasteiger partial charge in [-0.25, -0.2) is 0 Å². The number of nitrogen functional groups attached to an aromatic ring is 1. The minimum absolute atomic E-state index is 0.291. The van der Waals surface area contributed by atoms with Crippen LogP contribution >= 0.6 is 11.6 Å². The second kappa shape index (κ2) is 5.31. The summed E-state index contributed by atoms with van der Waals surface area (Å²) in [6.07, 6.45) is 1.76. The highest BCUT2D eigenvalue weighted by Gasteiger charge is 2.18. The molecule has 0 spiro atoms. The smallest absolute Gasteiger partial charge is 0.230 e. The molecule has 0 unspecified atom stereocenters. The molecule has 0 bridgehead atoms. The maximum absolute atomic E-state index is 6.03. The fourth-order valence-corrected chi connectivity index (χ4v) is 2.08. The van der Waals surface area contributed by atoms with Gasteiger partial charge in [0.05, 0.1) is 18.4 Å². The first-order valence-electron chi connectivity index (χ1n) is 5.75. The Hall–Kier alpha value is -1.68. The van der Waals surface area contributed by atoms with Gasteiger partial charge in [0.15, 0.2) is 0 Å². The SMILES string of the molecule is CCCc1noc(N)c1-c1cc(Cl)ccc1OC. The van der Waals surface area contributed by atoms with Gasteiger partial charge in [-0.05, 0) is 24.6 Å². The lowest BCUT2D eigenvalue weighted by atomic mass is 10.0. The second-order valence-corrected chi connectivity index (χ2v) is 4.40. The predicted octanol–water partition coefficient (Wildman–Crippen LogP) is 3.54. The summed E-state index contributed by atoms with van der Waals surface area (Å²) in [6.45, 7) is 2.07. The van der Waals surface area contributed by atoms with E-state index in [1.54, 1.807) is 19.2 Å². The molecule has 1 aromatic heterocycles. The molecule has 0 saturated heterocycles. The monoisotopic (exact) mass is 266 g/mol. The number of aromatic nitrogens is 1. The van der Waals surface area contributed by atoms with E-state index in [0.29, 0.717) is 16.7 Å². The first-order valence-corrected chi connectivity index (χ1v) is 6.13. The standard InChI is InChI=1S/C13H15ClN2O2/c1-3-4-10-12(13(15)18-16-10)9-7-8(14)5-6-11(9)17-2/h5-7H,3-4,15H2,1-2H3. The van der Waals surface area contributed by atoms with Gasteiger partial charge in [0.2, 0.25) is 5.88 Å². The Kier molecular flexibility index (Phi) is 3.77. The van der Waals surface area contributed by atoms with Crippen molar-refractivity contribution in [2.24, 2.45) is 0 Å². The van der Waals surface area contributed by atoms with Crippen LogP contribution in [-0.4, -0.2) is 12.3 Å². The van der Waals surface area contributed by atoms with Gasteiger partial charge >= 0.3 is 0 Å². The Morgan fingerprint density at radius 3 is 2.89 bits per heavy atom. The van der Waals surface area contributed by atoms with Crippen molar-refractivity contribution in [3.8, 4) is 16.9 Å². The van der Waals surface area contributed by atoms with Crippen molar-refractivity contribution in [2.75, 3.05) is 12.8 Å². The highest BCUT2D eigenvalue weighted by Crippen LogP contribution is 2.38. The van der Waals surface area contributed by atoms with Gasteiger partial charge in [-0.1, -0.05) is 30.1 Å². The second-order valence-electron chi connectivity index (χ2n) is 3.96. The van der Waals surface area contributed by atoms with Crippen LogP contribution in [0.2, 0.25) is 5.02 Å². The Bertz CT molecular complexity index is 552. The number of nitrogens with zero attached hydrogens (tertiary/aromatic N) is 1. The molecule has 0 aliphatic heterocycles. The van der Waals surface area contributed by atoms with Crippen LogP contribution in [0.1, 0.15) is 19.0 Å². The topological polar surface area (TPSA) is 61.3 Å². The number of aryl methyl sites for hydroxylation is 1. The van der Waals surface area contributed by atoms with Gasteiger partial charge in [0.1, 0.15) is 5.75 Å². The summed E-state index contributed by atoms with van der Waals surface area (Å²) in [5.74, 6) is 0.991. The summed E-state index contributed by atoms with van der Waals surface area (Å²) in [7, 11) is 1.61. The molecule has 96 valence electrons. The van der Waals surface area contributed by atoms with Gasteiger partial charge in [-0.15, -0.1) is 0 Å². The van der Waals surface area contributed by atoms with Crippen LogP contribution in [0.5, 0.6) is 5.75 Å². The van der Waals surface area contributed by atoms with Crippen LogP contribution in [0.15, 0.2) is 22.7 Å². The number of anilines is 1. The van der Waals surface area contributed by atoms with E-state index in [0.717, 1.165) is 29.7 Å². The van der Waals surface area contributed by atoms with Crippen molar-refractivity contribution in [3.05, 3.63) is 28.9 Å². The number of hydrogen-bond donors (Lipinski definition) is 1. The molecule has 0 fully saturated rings. The van der Waals surface area contributed by atoms with E-state index in [1.807, 2.05) is 6.07 Å². The van der Waals surface area contributed by atoms with Gasteiger partial charge in [-0.2, -0.15) is 0 Å². The molecule has 2 rings (SSSR count). The fraction of sp³-hybridized carbons (Fsp3) is 0.308. The first-order chi connectivity index (χ1) is 8.67. The van der Waals surface area contributed by atoms with E-state index in [1.165, 1.54) is 0 Å². The molecular weight excluding hydrogens is 252 g/mol. The largest absolute Gasteiger partial charge is 0.496 e. The number of nitrogens with two attached hydrogens (primary N) is 1. The number of rotatable bonds is 4. The van der Waals surface area contributed by atoms with E-state index in [9.17, 15) is 0 Å². The van der Waals surface area contributed by atoms with Gasteiger partial charge in [0.25, 0.3) is 0 Å². The molecule has 2 N–H and O–H groups in total. The maximum Gasteiger partial charge on any atom is 0.230 e. The number of methoxy groups -OCH3 is 1. The molecule has 0 saturated carbocycles. The minimum Gasteiger partial charge on any atom is -0.496 e. The van der Waals surface area contributed by atoms with Crippen LogP contribution in [-0.2, 0) is 6.42 Å². The fourth-order valence-electron chi connectivity index (χ4n) is 1.91. The Labute approximate surface area is 111 Å². The summed E-state index contributed by atoms with van der Waals surface area (Å²) in [5, 5.41) is 4.61. The molecule has 18 heavy (non-hydrogen) atoms. The lowest BCUT2D eigenvalue weighted by molar-refractivity contribution is 0.416. The number of benzene rings is 1. The lowest BCUT2D eigenvalue weighted by Gasteiger charge is -2.08. The van der Waals surface area contributed by atoms with E-state index in [2.05, 4.69) is 12.1 Å². The number of ether oxygens (including phenoxy) is 1. The van der Waals surface area contributed by atoms with Crippen LogP contribution < -0.4 is 10.5 Å². The molecule has 1 aromatic carbocycles. The zero-order chi connectivity index (χ0) is 13.1. The van der Waals surface area contributed by atoms with Crippen molar-refractivity contribution in [2.45, 2.75) is 19.8 Å². The van der Waals surface area contributed by atoms with Gasteiger partial charge in [0, 0.05) is 10.6 Å². The maximum atomic E-state index is 6.03. The van der Waals surface area contributed by atoms with Crippen LogP contribution in [0.25, 0.3) is 11.1 Å². The Morgan fingerprint density at radius 2 is 2.22 bits per heavy atom. The average Bonchev–Trinajstić information content (AvgIpc) is 2.71. The van der Waals surface area contributed by atoms with E-state index >= 15 is 0 Å². The van der Waals surface area contributed by atoms with Crippen LogP contribution in [0, 0.1) is 0 Å². The van der Waals surface area contributed by atoms with E-state index in [4.69, 9.17) is 26.6 Å². The zero-order valence-corrected chi connectivity index (χ0v) is 11.1. The average molecular weight is 267 g/mol. The molecular formula is C13H15ClN2O2. The molecule has 0 radical (unpaired) electrons. The van der Waals surface area contributed by atoms with Crippen molar-refractivity contribution in [1.29, 1.82) is 0 Å².